The zero-order chi connectivity index (χ0) is 20.5. The number of ether oxygens (including phenoxy) is 1. The molecule has 0 saturated heterocycles. The summed E-state index contributed by atoms with van der Waals surface area (Å²) in [5, 5.41) is 3.62. The maximum absolute atomic E-state index is 13.8. The molecule has 28 heavy (non-hydrogen) atoms. The summed E-state index contributed by atoms with van der Waals surface area (Å²) in [5.41, 5.74) is 4.21. The van der Waals surface area contributed by atoms with Crippen molar-refractivity contribution in [2.45, 2.75) is 65.5 Å². The van der Waals surface area contributed by atoms with E-state index in [-0.39, 0.29) is 6.10 Å². The molecule has 0 amide bonds. The molecular formula is C24H33F2NO. The lowest BCUT2D eigenvalue weighted by molar-refractivity contribution is 0.0480. The van der Waals surface area contributed by atoms with E-state index >= 15 is 0 Å². The smallest absolute Gasteiger partial charge is 0.129 e. The minimum Gasteiger partial charge on any atom is -0.372 e. The van der Waals surface area contributed by atoms with Gasteiger partial charge in [0.15, 0.2) is 0 Å². The fourth-order valence-corrected chi connectivity index (χ4v) is 3.64. The number of hydrogen-bond donors (Lipinski definition) is 1. The van der Waals surface area contributed by atoms with Crippen molar-refractivity contribution in [3.8, 4) is 0 Å². The minimum absolute atomic E-state index is 0.0418. The lowest BCUT2D eigenvalue weighted by atomic mass is 9.97. The molecule has 0 aromatic heterocycles. The van der Waals surface area contributed by atoms with Gasteiger partial charge in [0.2, 0.25) is 0 Å². The van der Waals surface area contributed by atoms with Gasteiger partial charge < -0.3 is 10.1 Å². The van der Waals surface area contributed by atoms with Crippen molar-refractivity contribution < 1.29 is 13.5 Å². The van der Waals surface area contributed by atoms with E-state index < -0.39 is 11.6 Å². The van der Waals surface area contributed by atoms with Crippen LogP contribution >= 0.6 is 0 Å². The number of rotatable bonds is 11. The maximum atomic E-state index is 13.8. The highest BCUT2D eigenvalue weighted by molar-refractivity contribution is 5.35. The van der Waals surface area contributed by atoms with Crippen molar-refractivity contribution in [1.82, 2.24) is 5.32 Å². The molecule has 0 aliphatic rings. The molecule has 2 nitrogen and oxygen atoms in total. The van der Waals surface area contributed by atoms with E-state index in [9.17, 15) is 8.78 Å². The van der Waals surface area contributed by atoms with Crippen molar-refractivity contribution >= 4 is 0 Å². The van der Waals surface area contributed by atoms with Gasteiger partial charge in [-0.05, 0) is 67.9 Å². The van der Waals surface area contributed by atoms with Gasteiger partial charge >= 0.3 is 0 Å². The first kappa shape index (κ1) is 22.5. The fraction of sp³-hybridized carbons (Fsp3) is 0.500. The second-order valence-corrected chi connectivity index (χ2v) is 7.43. The first-order valence-electron chi connectivity index (χ1n) is 10.3. The van der Waals surface area contributed by atoms with E-state index in [0.29, 0.717) is 31.1 Å². The Labute approximate surface area is 168 Å². The number of hydrogen-bond acceptors (Lipinski definition) is 2. The maximum Gasteiger partial charge on any atom is 0.129 e. The Morgan fingerprint density at radius 3 is 2.29 bits per heavy atom. The summed E-state index contributed by atoms with van der Waals surface area (Å²) < 4.78 is 33.1. The third-order valence-electron chi connectivity index (χ3n) is 5.37. The summed E-state index contributed by atoms with van der Waals surface area (Å²) in [7, 11) is 0. The monoisotopic (exact) mass is 389 g/mol. The third kappa shape index (κ3) is 6.39. The number of nitrogens with one attached hydrogen (secondary N) is 1. The summed E-state index contributed by atoms with van der Waals surface area (Å²) in [6.45, 7) is 9.89. The van der Waals surface area contributed by atoms with Gasteiger partial charge in [-0.1, -0.05) is 38.1 Å². The molecule has 0 saturated carbocycles. The molecule has 1 unspecified atom stereocenters. The first-order valence-corrected chi connectivity index (χ1v) is 10.3. The van der Waals surface area contributed by atoms with E-state index in [2.05, 4.69) is 51.2 Å². The highest BCUT2D eigenvalue weighted by Gasteiger charge is 2.18. The van der Waals surface area contributed by atoms with Crippen LogP contribution in [-0.4, -0.2) is 19.2 Å². The van der Waals surface area contributed by atoms with Crippen LogP contribution in [0.2, 0.25) is 0 Å². The summed E-state index contributed by atoms with van der Waals surface area (Å²) in [5.74, 6) is -1.03. The van der Waals surface area contributed by atoms with Crippen LogP contribution in [0.15, 0.2) is 36.4 Å². The molecule has 2 aromatic carbocycles. The van der Waals surface area contributed by atoms with Crippen LogP contribution < -0.4 is 5.32 Å². The van der Waals surface area contributed by atoms with Crippen molar-refractivity contribution in [3.05, 3.63) is 70.3 Å². The van der Waals surface area contributed by atoms with E-state index in [1.807, 2.05) is 0 Å². The zero-order valence-electron chi connectivity index (χ0n) is 17.5. The van der Waals surface area contributed by atoms with Crippen LogP contribution in [0.4, 0.5) is 8.78 Å². The molecule has 0 radical (unpaired) electrons. The standard InChI is InChI=1S/C24H33F2NO/c1-5-21(6-2)27-16-23(24-17(3)9-7-10-18(24)4)28-14-8-11-19-12-13-20(25)15-22(19)26/h7,9-10,12-13,15,21,23,27H,5-6,8,11,14,16H2,1-4H3. The highest BCUT2D eigenvalue weighted by Crippen LogP contribution is 2.25. The second-order valence-electron chi connectivity index (χ2n) is 7.43. The van der Waals surface area contributed by atoms with Crippen molar-refractivity contribution in [2.24, 2.45) is 0 Å². The van der Waals surface area contributed by atoms with Crippen LogP contribution in [0.25, 0.3) is 0 Å². The van der Waals surface area contributed by atoms with E-state index in [0.717, 1.165) is 25.5 Å². The number of halogens is 2. The Hall–Kier alpha value is -1.78. The molecular weight excluding hydrogens is 356 g/mol. The summed E-state index contributed by atoms with van der Waals surface area (Å²) in [6.07, 6.45) is 3.35. The zero-order valence-corrected chi connectivity index (χ0v) is 17.5. The van der Waals surface area contributed by atoms with Crippen LogP contribution in [-0.2, 0) is 11.2 Å². The summed E-state index contributed by atoms with van der Waals surface area (Å²) >= 11 is 0. The predicted octanol–water partition coefficient (Wildman–Crippen LogP) is 6.05. The van der Waals surface area contributed by atoms with E-state index in [1.165, 1.54) is 28.8 Å². The van der Waals surface area contributed by atoms with Crippen molar-refractivity contribution in [2.75, 3.05) is 13.2 Å². The first-order chi connectivity index (χ1) is 13.5. The molecule has 2 aromatic rings. The molecule has 0 heterocycles. The van der Waals surface area contributed by atoms with Gasteiger partial charge in [-0.25, -0.2) is 8.78 Å². The summed E-state index contributed by atoms with van der Waals surface area (Å²) in [6, 6.07) is 10.5. The van der Waals surface area contributed by atoms with E-state index in [4.69, 9.17) is 4.74 Å². The van der Waals surface area contributed by atoms with Gasteiger partial charge in [-0.2, -0.15) is 0 Å². The Morgan fingerprint density at radius 1 is 1.00 bits per heavy atom. The van der Waals surface area contributed by atoms with E-state index in [1.54, 1.807) is 0 Å². The number of benzene rings is 2. The molecule has 1 N–H and O–H groups in total. The molecule has 154 valence electrons. The largest absolute Gasteiger partial charge is 0.372 e. The van der Waals surface area contributed by atoms with Crippen LogP contribution in [0.3, 0.4) is 0 Å². The average molecular weight is 390 g/mol. The van der Waals surface area contributed by atoms with Gasteiger partial charge in [-0.3, -0.25) is 0 Å². The van der Waals surface area contributed by atoms with Crippen LogP contribution in [0.1, 0.15) is 61.5 Å². The van der Waals surface area contributed by atoms with Gasteiger partial charge in [0.1, 0.15) is 11.6 Å². The van der Waals surface area contributed by atoms with Crippen molar-refractivity contribution in [1.29, 1.82) is 0 Å². The molecule has 2 rings (SSSR count). The molecule has 0 bridgehead atoms. The summed E-state index contributed by atoms with van der Waals surface area (Å²) in [4.78, 5) is 0. The van der Waals surface area contributed by atoms with Gasteiger partial charge in [0.05, 0.1) is 6.10 Å². The molecule has 4 heteroatoms. The Morgan fingerprint density at radius 2 is 1.68 bits per heavy atom. The quantitative estimate of drug-likeness (QED) is 0.472. The Balaban J connectivity index is 2.00. The topological polar surface area (TPSA) is 21.3 Å². The molecule has 0 spiro atoms. The average Bonchev–Trinajstić information content (AvgIpc) is 2.66. The predicted molar refractivity (Wildman–Crippen MR) is 112 cm³/mol. The van der Waals surface area contributed by atoms with Gasteiger partial charge in [0, 0.05) is 25.3 Å². The highest BCUT2D eigenvalue weighted by atomic mass is 19.1. The molecule has 0 fully saturated rings. The Bertz CT molecular complexity index is 723. The van der Waals surface area contributed by atoms with Crippen LogP contribution in [0.5, 0.6) is 0 Å². The number of aryl methyl sites for hydroxylation is 3. The van der Waals surface area contributed by atoms with Gasteiger partial charge in [-0.15, -0.1) is 0 Å². The van der Waals surface area contributed by atoms with Gasteiger partial charge in [0.25, 0.3) is 0 Å². The Kier molecular flexibility index (Phi) is 9.07. The second kappa shape index (κ2) is 11.3. The SMILES string of the molecule is CCC(CC)NCC(OCCCc1ccc(F)cc1F)c1c(C)cccc1C. The third-order valence-corrected chi connectivity index (χ3v) is 5.37. The normalized spacial score (nSPS) is 12.5. The fourth-order valence-electron chi connectivity index (χ4n) is 3.64. The minimum atomic E-state index is -0.542. The lowest BCUT2D eigenvalue weighted by Crippen LogP contribution is -2.33. The van der Waals surface area contributed by atoms with Crippen LogP contribution in [0, 0.1) is 25.5 Å². The van der Waals surface area contributed by atoms with Crippen molar-refractivity contribution in [3.63, 3.8) is 0 Å². The molecule has 0 aliphatic carbocycles. The molecule has 0 aliphatic heterocycles. The lowest BCUT2D eigenvalue weighted by Gasteiger charge is -2.25. The molecule has 1 atom stereocenters.